The van der Waals surface area contributed by atoms with Crippen molar-refractivity contribution in [2.75, 3.05) is 27.2 Å². The van der Waals surface area contributed by atoms with E-state index >= 15 is 0 Å². The van der Waals surface area contributed by atoms with Crippen LogP contribution in [0.15, 0.2) is 36.4 Å². The van der Waals surface area contributed by atoms with Gasteiger partial charge in [-0.25, -0.2) is 4.79 Å². The second-order valence-corrected chi connectivity index (χ2v) is 9.96. The number of rotatable bonds is 4. The lowest BCUT2D eigenvalue weighted by Crippen LogP contribution is -2.57. The molecule has 2 heterocycles. The van der Waals surface area contributed by atoms with E-state index in [9.17, 15) is 35.9 Å². The summed E-state index contributed by atoms with van der Waals surface area (Å²) in [5.74, 6) is 0.591. The molecule has 6 nitrogen and oxygen atoms in total. The van der Waals surface area contributed by atoms with Crippen LogP contribution in [0.25, 0.3) is 0 Å². The van der Waals surface area contributed by atoms with E-state index in [2.05, 4.69) is 0 Å². The fourth-order valence-corrected chi connectivity index (χ4v) is 5.45. The fourth-order valence-electron chi connectivity index (χ4n) is 5.45. The van der Waals surface area contributed by atoms with Crippen LogP contribution in [0.1, 0.15) is 59.7 Å². The highest BCUT2D eigenvalue weighted by atomic mass is 19.4. The van der Waals surface area contributed by atoms with E-state index in [1.54, 1.807) is 21.9 Å². The number of amides is 3. The van der Waals surface area contributed by atoms with Crippen LogP contribution in [0.3, 0.4) is 0 Å². The Kier molecular flexibility index (Phi) is 7.52. The average Bonchev–Trinajstić information content (AvgIpc) is 3.26. The minimum Gasteiger partial charge on any atom is -0.497 e. The SMILES string of the molecule is COc1ccc(C2C3CCC(=O)N3CCN2C(=O)N(C)[C@H](C)c2cc(C(F)(F)F)cc(C(F)(F)F)c2)c(C)c1. The zero-order chi connectivity index (χ0) is 28.9. The summed E-state index contributed by atoms with van der Waals surface area (Å²) in [5, 5.41) is 0. The highest BCUT2D eigenvalue weighted by Gasteiger charge is 2.46. The van der Waals surface area contributed by atoms with Crippen molar-refractivity contribution in [3.8, 4) is 5.75 Å². The Bertz CT molecular complexity index is 1230. The first-order valence-corrected chi connectivity index (χ1v) is 12.4. The molecule has 0 saturated carbocycles. The van der Waals surface area contributed by atoms with E-state index in [-0.39, 0.29) is 36.7 Å². The van der Waals surface area contributed by atoms with Gasteiger partial charge in [0.2, 0.25) is 5.91 Å². The van der Waals surface area contributed by atoms with Crippen molar-refractivity contribution in [3.05, 3.63) is 64.2 Å². The molecule has 0 radical (unpaired) electrons. The normalized spacial score (nSPS) is 20.6. The van der Waals surface area contributed by atoms with E-state index in [0.717, 1.165) is 16.0 Å². The molecule has 0 spiro atoms. The molecule has 2 unspecified atom stereocenters. The standard InChI is InChI=1S/C27H29F6N3O3/c1-15-11-20(39-4)5-6-21(15)24-22-7-8-23(37)35(22)9-10-36(24)25(38)34(3)16(2)17-12-18(26(28,29)30)14-19(13-17)27(31,32)33/h5-6,11-14,16,22,24H,7-10H2,1-4H3/t16-,22?,24?/m1/s1. The monoisotopic (exact) mass is 557 g/mol. The number of fused-ring (bicyclic) bond motifs is 1. The number of hydrogen-bond donors (Lipinski definition) is 0. The van der Waals surface area contributed by atoms with Gasteiger partial charge in [0, 0.05) is 26.6 Å². The number of benzene rings is 2. The molecule has 2 saturated heterocycles. The second-order valence-electron chi connectivity index (χ2n) is 9.96. The van der Waals surface area contributed by atoms with Gasteiger partial charge in [0.1, 0.15) is 5.75 Å². The van der Waals surface area contributed by atoms with Crippen LogP contribution >= 0.6 is 0 Å². The molecule has 2 fully saturated rings. The van der Waals surface area contributed by atoms with Gasteiger partial charge in [0.15, 0.2) is 0 Å². The maximum atomic E-state index is 13.8. The van der Waals surface area contributed by atoms with Crippen LogP contribution in [-0.2, 0) is 17.1 Å². The van der Waals surface area contributed by atoms with Gasteiger partial charge in [0.25, 0.3) is 0 Å². The minimum absolute atomic E-state index is 0.0198. The summed E-state index contributed by atoms with van der Waals surface area (Å²) in [6.45, 7) is 3.68. The maximum absolute atomic E-state index is 13.8. The largest absolute Gasteiger partial charge is 0.497 e. The van der Waals surface area contributed by atoms with Gasteiger partial charge in [0.05, 0.1) is 36.4 Å². The van der Waals surface area contributed by atoms with Crippen LogP contribution in [0, 0.1) is 6.92 Å². The Morgan fingerprint density at radius 3 is 2.18 bits per heavy atom. The first-order valence-electron chi connectivity index (χ1n) is 12.4. The Morgan fingerprint density at radius 1 is 1.03 bits per heavy atom. The Balaban J connectivity index is 1.71. The summed E-state index contributed by atoms with van der Waals surface area (Å²) in [5.41, 5.74) is -1.57. The molecule has 2 aromatic rings. The molecule has 0 aliphatic carbocycles. The highest BCUT2D eigenvalue weighted by molar-refractivity contribution is 5.81. The van der Waals surface area contributed by atoms with Gasteiger partial charge in [-0.3, -0.25) is 4.79 Å². The molecule has 39 heavy (non-hydrogen) atoms. The van der Waals surface area contributed by atoms with E-state index < -0.39 is 41.6 Å². The molecule has 0 aromatic heterocycles. The summed E-state index contributed by atoms with van der Waals surface area (Å²) < 4.78 is 85.9. The van der Waals surface area contributed by atoms with Crippen molar-refractivity contribution >= 4 is 11.9 Å². The van der Waals surface area contributed by atoms with Crippen molar-refractivity contribution in [2.45, 2.75) is 57.2 Å². The predicted molar refractivity (Wildman–Crippen MR) is 130 cm³/mol. The number of ether oxygens (including phenoxy) is 1. The van der Waals surface area contributed by atoms with Gasteiger partial charge < -0.3 is 19.4 Å². The molecular weight excluding hydrogens is 528 g/mol. The molecule has 0 N–H and O–H groups in total. The van der Waals surface area contributed by atoms with Crippen molar-refractivity contribution in [3.63, 3.8) is 0 Å². The lowest BCUT2D eigenvalue weighted by molar-refractivity contribution is -0.143. The zero-order valence-corrected chi connectivity index (χ0v) is 21.9. The van der Waals surface area contributed by atoms with Crippen LogP contribution in [0.4, 0.5) is 31.1 Å². The quantitative estimate of drug-likeness (QED) is 0.421. The Labute approximate surface area is 222 Å². The van der Waals surface area contributed by atoms with Crippen LogP contribution in [-0.4, -0.2) is 59.9 Å². The van der Waals surface area contributed by atoms with Crippen molar-refractivity contribution in [2.24, 2.45) is 0 Å². The molecule has 3 atom stereocenters. The maximum Gasteiger partial charge on any atom is 0.416 e. The predicted octanol–water partition coefficient (Wildman–Crippen LogP) is 6.20. The number of urea groups is 1. The second kappa shape index (κ2) is 10.3. The number of alkyl halides is 6. The minimum atomic E-state index is -5.00. The molecular formula is C27H29F6N3O3. The third-order valence-electron chi connectivity index (χ3n) is 7.67. The first-order chi connectivity index (χ1) is 18.1. The lowest BCUT2D eigenvalue weighted by atomic mass is 9.90. The number of carbonyl (C=O) groups is 2. The van der Waals surface area contributed by atoms with Crippen molar-refractivity contribution < 1.29 is 40.7 Å². The Hall–Kier alpha value is -3.44. The highest BCUT2D eigenvalue weighted by Crippen LogP contribution is 2.42. The third kappa shape index (κ3) is 5.51. The molecule has 2 aromatic carbocycles. The average molecular weight is 558 g/mol. The number of piperazine rings is 1. The van der Waals surface area contributed by atoms with E-state index in [1.807, 2.05) is 13.0 Å². The number of methoxy groups -OCH3 is 1. The number of halogens is 6. The number of hydrogen-bond acceptors (Lipinski definition) is 3. The topological polar surface area (TPSA) is 53.1 Å². The number of nitrogens with zero attached hydrogens (tertiary/aromatic N) is 3. The van der Waals surface area contributed by atoms with Crippen LogP contribution < -0.4 is 4.74 Å². The van der Waals surface area contributed by atoms with Gasteiger partial charge in [-0.2, -0.15) is 26.3 Å². The van der Waals surface area contributed by atoms with Crippen LogP contribution in [0.5, 0.6) is 5.75 Å². The van der Waals surface area contributed by atoms with Gasteiger partial charge >= 0.3 is 18.4 Å². The molecule has 2 aliphatic rings. The number of aryl methyl sites for hydroxylation is 1. The van der Waals surface area contributed by atoms with E-state index in [1.165, 1.54) is 21.1 Å². The third-order valence-corrected chi connectivity index (χ3v) is 7.67. The van der Waals surface area contributed by atoms with Crippen LogP contribution in [0.2, 0.25) is 0 Å². The molecule has 3 amide bonds. The molecule has 12 heteroatoms. The summed E-state index contributed by atoms with van der Waals surface area (Å²) in [6.07, 6.45) is -9.16. The lowest BCUT2D eigenvalue weighted by Gasteiger charge is -2.47. The smallest absolute Gasteiger partial charge is 0.416 e. The summed E-state index contributed by atoms with van der Waals surface area (Å²) in [7, 11) is 2.88. The van der Waals surface area contributed by atoms with Gasteiger partial charge in [-0.15, -0.1) is 0 Å². The van der Waals surface area contributed by atoms with E-state index in [0.29, 0.717) is 30.7 Å². The summed E-state index contributed by atoms with van der Waals surface area (Å²) in [6, 6.07) is 4.19. The van der Waals surface area contributed by atoms with E-state index in [4.69, 9.17) is 4.74 Å². The first kappa shape index (κ1) is 28.6. The number of carbonyl (C=O) groups excluding carboxylic acids is 2. The zero-order valence-electron chi connectivity index (χ0n) is 21.9. The van der Waals surface area contributed by atoms with Crippen molar-refractivity contribution in [1.29, 1.82) is 0 Å². The van der Waals surface area contributed by atoms with Gasteiger partial charge in [-0.05, 0) is 67.3 Å². The molecule has 4 rings (SSSR count). The fraction of sp³-hybridized carbons (Fsp3) is 0.481. The van der Waals surface area contributed by atoms with Crippen molar-refractivity contribution in [1.82, 2.24) is 14.7 Å². The molecule has 212 valence electrons. The molecule has 2 aliphatic heterocycles. The van der Waals surface area contributed by atoms with Gasteiger partial charge in [-0.1, -0.05) is 6.07 Å². The summed E-state index contributed by atoms with van der Waals surface area (Å²) in [4.78, 5) is 30.8. The Morgan fingerprint density at radius 2 is 1.64 bits per heavy atom. The molecule has 0 bridgehead atoms. The summed E-state index contributed by atoms with van der Waals surface area (Å²) >= 11 is 0.